The fourth-order valence-corrected chi connectivity index (χ4v) is 3.93. The van der Waals surface area contributed by atoms with E-state index in [-0.39, 0.29) is 5.91 Å². The van der Waals surface area contributed by atoms with Crippen molar-refractivity contribution in [3.63, 3.8) is 0 Å². The van der Waals surface area contributed by atoms with Crippen LogP contribution in [0.2, 0.25) is 0 Å². The third-order valence-corrected chi connectivity index (χ3v) is 5.16. The molecule has 1 heterocycles. The maximum absolute atomic E-state index is 11.3. The van der Waals surface area contributed by atoms with Gasteiger partial charge in [0.15, 0.2) is 0 Å². The van der Waals surface area contributed by atoms with Crippen molar-refractivity contribution in [3.05, 3.63) is 47.5 Å². The molecule has 0 radical (unpaired) electrons. The van der Waals surface area contributed by atoms with Gasteiger partial charge in [-0.05, 0) is 86.8 Å². The second kappa shape index (κ2) is 8.57. The Bertz CT molecular complexity index is 793. The van der Waals surface area contributed by atoms with Gasteiger partial charge in [0.05, 0.1) is 6.61 Å². The number of hydrogen-bond donors (Lipinski definition) is 1. The molecule has 1 unspecified atom stereocenters. The molecule has 144 valence electrons. The summed E-state index contributed by atoms with van der Waals surface area (Å²) in [7, 11) is 2.19. The molecule has 0 aliphatic carbocycles. The van der Waals surface area contributed by atoms with Crippen molar-refractivity contribution >= 4 is 11.6 Å². The SMILES string of the molecule is CC(=O)Nc1cccc(-c2cc(C)c(OCC3CCCN(C)C3)c(C)c2)c1. The molecule has 1 N–H and O–H groups in total. The predicted octanol–water partition coefficient (Wildman–Crippen LogP) is 4.65. The van der Waals surface area contributed by atoms with Crippen LogP contribution in [-0.4, -0.2) is 37.6 Å². The Hall–Kier alpha value is -2.33. The van der Waals surface area contributed by atoms with E-state index in [1.165, 1.54) is 26.3 Å². The maximum Gasteiger partial charge on any atom is 0.221 e. The molecule has 1 amide bonds. The van der Waals surface area contributed by atoms with E-state index in [0.29, 0.717) is 5.92 Å². The van der Waals surface area contributed by atoms with Crippen LogP contribution in [0.3, 0.4) is 0 Å². The number of nitrogens with zero attached hydrogens (tertiary/aromatic N) is 1. The summed E-state index contributed by atoms with van der Waals surface area (Å²) >= 11 is 0. The van der Waals surface area contributed by atoms with Gasteiger partial charge in [0.25, 0.3) is 0 Å². The number of amides is 1. The van der Waals surface area contributed by atoms with Gasteiger partial charge in [-0.2, -0.15) is 0 Å². The fraction of sp³-hybridized carbons (Fsp3) is 0.435. The number of hydrogen-bond acceptors (Lipinski definition) is 3. The molecule has 1 saturated heterocycles. The molecule has 0 aromatic heterocycles. The number of carbonyl (C=O) groups excluding carboxylic acids is 1. The zero-order valence-electron chi connectivity index (χ0n) is 16.8. The first-order valence-electron chi connectivity index (χ1n) is 9.73. The monoisotopic (exact) mass is 366 g/mol. The highest BCUT2D eigenvalue weighted by atomic mass is 16.5. The van der Waals surface area contributed by atoms with Crippen molar-refractivity contribution in [2.24, 2.45) is 5.92 Å². The molecule has 1 aliphatic heterocycles. The van der Waals surface area contributed by atoms with Gasteiger partial charge in [-0.25, -0.2) is 0 Å². The Kier molecular flexibility index (Phi) is 6.17. The normalized spacial score (nSPS) is 17.6. The molecule has 0 bridgehead atoms. The summed E-state index contributed by atoms with van der Waals surface area (Å²) in [6, 6.07) is 12.3. The predicted molar refractivity (Wildman–Crippen MR) is 111 cm³/mol. The van der Waals surface area contributed by atoms with Gasteiger partial charge in [-0.1, -0.05) is 12.1 Å². The average Bonchev–Trinajstić information content (AvgIpc) is 2.60. The smallest absolute Gasteiger partial charge is 0.221 e. The van der Waals surface area contributed by atoms with Crippen LogP contribution in [-0.2, 0) is 4.79 Å². The van der Waals surface area contributed by atoms with E-state index in [1.807, 2.05) is 18.2 Å². The van der Waals surface area contributed by atoms with Crippen LogP contribution >= 0.6 is 0 Å². The van der Waals surface area contributed by atoms with Crippen molar-refractivity contribution in [3.8, 4) is 16.9 Å². The van der Waals surface area contributed by atoms with E-state index in [0.717, 1.165) is 46.8 Å². The molecule has 2 aromatic carbocycles. The summed E-state index contributed by atoms with van der Waals surface area (Å²) in [5.74, 6) is 1.55. The standard InChI is InChI=1S/C23H30N2O2/c1-16-11-21(20-8-5-9-22(13-20)24-18(3)26)12-17(2)23(16)27-15-19-7-6-10-25(4)14-19/h5,8-9,11-13,19H,6-7,10,14-15H2,1-4H3,(H,24,26). The zero-order valence-corrected chi connectivity index (χ0v) is 16.8. The van der Waals surface area contributed by atoms with Crippen LogP contribution in [0.25, 0.3) is 11.1 Å². The zero-order chi connectivity index (χ0) is 19.4. The number of ether oxygens (including phenoxy) is 1. The van der Waals surface area contributed by atoms with Crippen LogP contribution in [0.4, 0.5) is 5.69 Å². The molecule has 27 heavy (non-hydrogen) atoms. The molecule has 0 spiro atoms. The lowest BCUT2D eigenvalue weighted by molar-refractivity contribution is -0.114. The lowest BCUT2D eigenvalue weighted by Crippen LogP contribution is -2.34. The Labute approximate surface area is 162 Å². The highest BCUT2D eigenvalue weighted by molar-refractivity contribution is 5.89. The molecule has 2 aromatic rings. The largest absolute Gasteiger partial charge is 0.493 e. The van der Waals surface area contributed by atoms with Gasteiger partial charge >= 0.3 is 0 Å². The highest BCUT2D eigenvalue weighted by Gasteiger charge is 2.18. The molecule has 4 nitrogen and oxygen atoms in total. The topological polar surface area (TPSA) is 41.6 Å². The molecule has 1 atom stereocenters. The summed E-state index contributed by atoms with van der Waals surface area (Å²) in [5, 5.41) is 2.85. The Morgan fingerprint density at radius 3 is 2.59 bits per heavy atom. The minimum atomic E-state index is -0.0587. The number of likely N-dealkylation sites (tertiary alicyclic amines) is 1. The van der Waals surface area contributed by atoms with Crippen molar-refractivity contribution < 1.29 is 9.53 Å². The van der Waals surface area contributed by atoms with Crippen LogP contribution in [0.1, 0.15) is 30.9 Å². The van der Waals surface area contributed by atoms with E-state index in [9.17, 15) is 4.79 Å². The first-order valence-corrected chi connectivity index (χ1v) is 9.73. The van der Waals surface area contributed by atoms with Crippen molar-refractivity contribution in [2.75, 3.05) is 32.1 Å². The minimum Gasteiger partial charge on any atom is -0.493 e. The number of aryl methyl sites for hydroxylation is 2. The van der Waals surface area contributed by atoms with Gasteiger partial charge in [0.2, 0.25) is 5.91 Å². The van der Waals surface area contributed by atoms with Crippen LogP contribution in [0.5, 0.6) is 5.75 Å². The average molecular weight is 367 g/mol. The summed E-state index contributed by atoms with van der Waals surface area (Å²) in [6.45, 7) is 8.83. The van der Waals surface area contributed by atoms with Gasteiger partial charge in [0.1, 0.15) is 5.75 Å². The summed E-state index contributed by atoms with van der Waals surface area (Å²) in [4.78, 5) is 13.7. The van der Waals surface area contributed by atoms with E-state index >= 15 is 0 Å². The number of piperidine rings is 1. The summed E-state index contributed by atoms with van der Waals surface area (Å²) < 4.78 is 6.24. The first kappa shape index (κ1) is 19.4. The Balaban J connectivity index is 1.75. The minimum absolute atomic E-state index is 0.0587. The third-order valence-electron chi connectivity index (χ3n) is 5.16. The Morgan fingerprint density at radius 1 is 1.19 bits per heavy atom. The first-order chi connectivity index (χ1) is 12.9. The number of carbonyl (C=O) groups is 1. The molecule has 4 heteroatoms. The van der Waals surface area contributed by atoms with E-state index < -0.39 is 0 Å². The second-order valence-corrected chi connectivity index (χ2v) is 7.78. The molecular formula is C23H30N2O2. The third kappa shape index (κ3) is 5.10. The van der Waals surface area contributed by atoms with Gasteiger partial charge in [-0.15, -0.1) is 0 Å². The van der Waals surface area contributed by atoms with Crippen LogP contribution in [0.15, 0.2) is 36.4 Å². The summed E-state index contributed by atoms with van der Waals surface area (Å²) in [5.41, 5.74) is 5.35. The van der Waals surface area contributed by atoms with E-state index in [1.54, 1.807) is 0 Å². The maximum atomic E-state index is 11.3. The Morgan fingerprint density at radius 2 is 1.93 bits per heavy atom. The number of nitrogens with one attached hydrogen (secondary N) is 1. The number of benzene rings is 2. The molecule has 1 aliphatic rings. The van der Waals surface area contributed by atoms with Gasteiger partial charge in [-0.3, -0.25) is 4.79 Å². The summed E-state index contributed by atoms with van der Waals surface area (Å²) in [6.07, 6.45) is 2.50. The lowest BCUT2D eigenvalue weighted by Gasteiger charge is -2.29. The van der Waals surface area contributed by atoms with Gasteiger partial charge < -0.3 is 15.0 Å². The molecule has 1 fully saturated rings. The van der Waals surface area contributed by atoms with Crippen molar-refractivity contribution in [1.29, 1.82) is 0 Å². The molecular weight excluding hydrogens is 336 g/mol. The molecule has 0 saturated carbocycles. The highest BCUT2D eigenvalue weighted by Crippen LogP contribution is 2.32. The lowest BCUT2D eigenvalue weighted by atomic mass is 9.98. The quantitative estimate of drug-likeness (QED) is 0.837. The molecule has 3 rings (SSSR count). The number of anilines is 1. The van der Waals surface area contributed by atoms with Gasteiger partial charge in [0, 0.05) is 25.1 Å². The second-order valence-electron chi connectivity index (χ2n) is 7.78. The van der Waals surface area contributed by atoms with Crippen LogP contribution < -0.4 is 10.1 Å². The van der Waals surface area contributed by atoms with Crippen molar-refractivity contribution in [2.45, 2.75) is 33.6 Å². The van der Waals surface area contributed by atoms with Crippen LogP contribution in [0, 0.1) is 19.8 Å². The number of rotatable bonds is 5. The van der Waals surface area contributed by atoms with Crippen molar-refractivity contribution in [1.82, 2.24) is 4.90 Å². The van der Waals surface area contributed by atoms with E-state index in [2.05, 4.69) is 49.3 Å². The van der Waals surface area contributed by atoms with E-state index in [4.69, 9.17) is 4.74 Å². The fourth-order valence-electron chi connectivity index (χ4n) is 3.93.